The Morgan fingerprint density at radius 3 is 0.988 bits per heavy atom. The second kappa shape index (κ2) is 16.2. The van der Waals surface area contributed by atoms with Gasteiger partial charge in [-0.15, -0.1) is 0 Å². The fraction of sp³-hybridized carbons (Fsp3) is 0. The third kappa shape index (κ3) is 6.20. The number of nitrogens with zero attached hydrogens (tertiary/aromatic N) is 2. The molecule has 8 heteroatoms. The monoisotopic (exact) mass is 1050 g/mol. The molecule has 0 fully saturated rings. The van der Waals surface area contributed by atoms with Gasteiger partial charge in [0.05, 0.1) is 11.4 Å². The molecule has 0 saturated carbocycles. The van der Waals surface area contributed by atoms with Gasteiger partial charge in [-0.3, -0.25) is 0 Å². The van der Waals surface area contributed by atoms with Gasteiger partial charge in [0.25, 0.3) is 0 Å². The van der Waals surface area contributed by atoms with E-state index in [1.807, 2.05) is 60.7 Å². The molecule has 0 aliphatic carbocycles. The summed E-state index contributed by atoms with van der Waals surface area (Å²) in [5.41, 5.74) is 15.7. The van der Waals surface area contributed by atoms with E-state index in [9.17, 15) is 0 Å². The molecule has 0 aliphatic rings. The number of benzene rings is 13. The second-order valence-electron chi connectivity index (χ2n) is 21.5. The molecule has 6 heterocycles. The fourth-order valence-corrected chi connectivity index (χ4v) is 13.3. The first-order valence-electron chi connectivity index (χ1n) is 27.5. The van der Waals surface area contributed by atoms with Crippen molar-refractivity contribution in [3.63, 3.8) is 0 Å². The summed E-state index contributed by atoms with van der Waals surface area (Å²) >= 11 is 0. The van der Waals surface area contributed by atoms with Gasteiger partial charge in [-0.05, 0) is 155 Å². The normalized spacial score (nSPS) is 12.4. The minimum absolute atomic E-state index is 0.797. The van der Waals surface area contributed by atoms with Crippen molar-refractivity contribution in [3.8, 4) is 0 Å². The zero-order valence-corrected chi connectivity index (χ0v) is 43.4. The van der Waals surface area contributed by atoms with Gasteiger partial charge in [0.15, 0.2) is 11.2 Å². The fourth-order valence-electron chi connectivity index (χ4n) is 13.3. The van der Waals surface area contributed by atoms with E-state index in [1.54, 1.807) is 0 Å². The molecule has 0 aliphatic heterocycles. The average Bonchev–Trinajstić information content (AvgIpc) is 4.07. The molecule has 8 nitrogen and oxygen atoms in total. The molecule has 0 bridgehead atoms. The lowest BCUT2D eigenvalue weighted by Gasteiger charge is -2.26. The van der Waals surface area contributed by atoms with Crippen molar-refractivity contribution < 1.29 is 26.5 Å². The first-order valence-corrected chi connectivity index (χ1v) is 27.5. The molecule has 0 radical (unpaired) electrons. The number of para-hydroxylation sites is 6. The van der Waals surface area contributed by atoms with E-state index < -0.39 is 0 Å². The molecule has 0 N–H and O–H groups in total. The zero-order valence-electron chi connectivity index (χ0n) is 43.4. The summed E-state index contributed by atoms with van der Waals surface area (Å²) in [6.07, 6.45) is 0. The third-order valence-electron chi connectivity index (χ3n) is 17.0. The molecular formula is C74H40N2O6. The number of rotatable bonds is 6. The Morgan fingerprint density at radius 2 is 0.537 bits per heavy atom. The number of hydrogen-bond acceptors (Lipinski definition) is 8. The van der Waals surface area contributed by atoms with Crippen LogP contribution in [0, 0.1) is 0 Å². The van der Waals surface area contributed by atoms with E-state index in [0.29, 0.717) is 0 Å². The van der Waals surface area contributed by atoms with Gasteiger partial charge >= 0.3 is 0 Å². The minimum atomic E-state index is 0.797. The smallest absolute Gasteiger partial charge is 0.159 e. The second-order valence-corrected chi connectivity index (χ2v) is 21.5. The predicted octanol–water partition coefficient (Wildman–Crippen LogP) is 22.3. The molecule has 382 valence electrons. The van der Waals surface area contributed by atoms with Crippen LogP contribution in [0.15, 0.2) is 269 Å². The standard InChI is InChI=1S/C74H40N2O6/c1-7-21-63-49(11-1)53-15-9-17-59(73(53)81-63)75(47-27-29-65-55(39-47)51-13-3-5-19-61(51)77-65)45-25-23-41-35-57-69(37-43(41)33-45)79-67-31-32-68-72(71(57)67)58-36-42-24-26-46(34-44(42)38-70(58)80-68)76(48-28-30-66-56(40-48)52-14-4-6-20-62(52)78-66)60-18-10-16-54-50-12-2-8-22-64(50)82-74(54)60/h1-40H. The first-order chi connectivity index (χ1) is 40.6. The summed E-state index contributed by atoms with van der Waals surface area (Å²) in [4.78, 5) is 4.59. The topological polar surface area (TPSA) is 85.3 Å². The summed E-state index contributed by atoms with van der Waals surface area (Å²) in [5.74, 6) is 0. The highest BCUT2D eigenvalue weighted by Gasteiger charge is 2.25. The van der Waals surface area contributed by atoms with Gasteiger partial charge in [0.2, 0.25) is 0 Å². The van der Waals surface area contributed by atoms with Gasteiger partial charge < -0.3 is 36.3 Å². The van der Waals surface area contributed by atoms with Crippen LogP contribution >= 0.6 is 0 Å². The maximum absolute atomic E-state index is 6.84. The van der Waals surface area contributed by atoms with Gasteiger partial charge in [-0.25, -0.2) is 0 Å². The Kier molecular flexibility index (Phi) is 8.63. The molecule has 0 atom stereocenters. The van der Waals surface area contributed by atoms with Crippen molar-refractivity contribution in [1.29, 1.82) is 0 Å². The molecule has 13 aromatic carbocycles. The summed E-state index contributed by atoms with van der Waals surface area (Å²) in [6.45, 7) is 0. The van der Waals surface area contributed by atoms with Crippen LogP contribution in [0.2, 0.25) is 0 Å². The Balaban J connectivity index is 0.760. The summed E-state index contributed by atoms with van der Waals surface area (Å²) in [7, 11) is 0. The highest BCUT2D eigenvalue weighted by atomic mass is 16.4. The SMILES string of the molecule is c1ccc2c(c1)oc1ccc(N(c3ccc4cc5c(cc4c3)oc3ccc4oc6cc7cc(N(c8ccc9oc%10ccccc%10c9c8)c8cccc9c8oc8ccccc89)ccc7cc6c4c35)c3cccc4c3oc3ccccc34)cc12. The maximum Gasteiger partial charge on any atom is 0.159 e. The zero-order chi connectivity index (χ0) is 53.3. The number of hydrogen-bond donors (Lipinski definition) is 0. The van der Waals surface area contributed by atoms with Crippen LogP contribution in [-0.4, -0.2) is 0 Å². The van der Waals surface area contributed by atoms with Crippen LogP contribution in [0.25, 0.3) is 153 Å². The average molecular weight is 1050 g/mol. The van der Waals surface area contributed by atoms with Crippen molar-refractivity contribution in [2.45, 2.75) is 0 Å². The summed E-state index contributed by atoms with van der Waals surface area (Å²) in [6, 6.07) is 84.8. The maximum atomic E-state index is 6.84. The lowest BCUT2D eigenvalue weighted by molar-refractivity contribution is 0.663. The molecule has 6 aromatic heterocycles. The van der Waals surface area contributed by atoms with Crippen molar-refractivity contribution in [2.24, 2.45) is 0 Å². The van der Waals surface area contributed by atoms with E-state index in [-0.39, 0.29) is 0 Å². The number of fused-ring (bicyclic) bond motifs is 21. The van der Waals surface area contributed by atoms with Crippen LogP contribution in [0.4, 0.5) is 34.1 Å². The number of anilines is 6. The van der Waals surface area contributed by atoms with Crippen LogP contribution in [0.3, 0.4) is 0 Å². The molecule has 0 saturated heterocycles. The van der Waals surface area contributed by atoms with E-state index in [2.05, 4.69) is 192 Å². The number of furan rings is 6. The van der Waals surface area contributed by atoms with Gasteiger partial charge in [-0.1, -0.05) is 109 Å². The molecule has 0 spiro atoms. The molecule has 0 unspecified atom stereocenters. The Labute approximate surface area is 463 Å². The third-order valence-corrected chi connectivity index (χ3v) is 17.0. The molecule has 19 aromatic rings. The quantitative estimate of drug-likeness (QED) is 0.163. The Hall–Kier alpha value is -11.2. The first kappa shape index (κ1) is 43.7. The van der Waals surface area contributed by atoms with E-state index >= 15 is 0 Å². The lowest BCUT2D eigenvalue weighted by Crippen LogP contribution is -2.10. The van der Waals surface area contributed by atoms with Crippen molar-refractivity contribution in [2.75, 3.05) is 9.80 Å². The van der Waals surface area contributed by atoms with Crippen LogP contribution in [-0.2, 0) is 0 Å². The summed E-state index contributed by atoms with van der Waals surface area (Å²) < 4.78 is 39.7. The highest BCUT2D eigenvalue weighted by molar-refractivity contribution is 6.28. The summed E-state index contributed by atoms with van der Waals surface area (Å²) in [5, 5.41) is 16.9. The van der Waals surface area contributed by atoms with Gasteiger partial charge in [0.1, 0.15) is 55.8 Å². The molecule has 82 heavy (non-hydrogen) atoms. The van der Waals surface area contributed by atoms with Crippen molar-refractivity contribution in [3.05, 3.63) is 243 Å². The Bertz CT molecular complexity index is 5580. The van der Waals surface area contributed by atoms with Crippen molar-refractivity contribution in [1.82, 2.24) is 0 Å². The van der Waals surface area contributed by atoms with Gasteiger partial charge in [-0.2, -0.15) is 0 Å². The lowest BCUT2D eigenvalue weighted by atomic mass is 10.00. The van der Waals surface area contributed by atoms with Gasteiger partial charge in [0, 0.05) is 87.4 Å². The highest BCUT2D eigenvalue weighted by Crippen LogP contribution is 2.49. The Morgan fingerprint density at radius 1 is 0.195 bits per heavy atom. The van der Waals surface area contributed by atoms with Crippen LogP contribution < -0.4 is 9.80 Å². The molecular weight excluding hydrogens is 1010 g/mol. The van der Waals surface area contributed by atoms with Crippen LogP contribution in [0.1, 0.15) is 0 Å². The molecule has 0 amide bonds. The minimum Gasteiger partial charge on any atom is -0.456 e. The van der Waals surface area contributed by atoms with Crippen LogP contribution in [0.5, 0.6) is 0 Å². The predicted molar refractivity (Wildman–Crippen MR) is 334 cm³/mol. The van der Waals surface area contributed by atoms with Crippen molar-refractivity contribution >= 4 is 187 Å². The van der Waals surface area contributed by atoms with E-state index in [0.717, 1.165) is 187 Å². The molecule has 19 rings (SSSR count). The van der Waals surface area contributed by atoms with E-state index in [1.165, 1.54) is 0 Å². The van der Waals surface area contributed by atoms with E-state index in [4.69, 9.17) is 26.5 Å². The largest absolute Gasteiger partial charge is 0.456 e.